The van der Waals surface area contributed by atoms with Gasteiger partial charge in [-0.1, -0.05) is 59.6 Å². The minimum Gasteiger partial charge on any atom is -0.294 e. The van der Waals surface area contributed by atoms with Crippen LogP contribution in [-0.4, -0.2) is 5.78 Å². The van der Waals surface area contributed by atoms with Gasteiger partial charge in [0.05, 0.1) is 12.0 Å². The number of ketones is 1. The van der Waals surface area contributed by atoms with Crippen molar-refractivity contribution in [1.29, 1.82) is 5.26 Å². The smallest absolute Gasteiger partial charge is 0.163 e. The fraction of sp³-hybridized carbons (Fsp3) is 0.167. The predicted octanol–water partition coefficient (Wildman–Crippen LogP) is 6.97. The lowest BCUT2D eigenvalue weighted by molar-refractivity contribution is 0.0971. The first-order valence-electron chi connectivity index (χ1n) is 8.99. The zero-order valence-corrected chi connectivity index (χ0v) is 16.9. The molecule has 2 atom stereocenters. The molecule has 0 aromatic heterocycles. The molecule has 3 aromatic carbocycles. The van der Waals surface area contributed by atoms with E-state index in [4.69, 9.17) is 23.2 Å². The highest BCUT2D eigenvalue weighted by atomic mass is 35.5. The third-order valence-corrected chi connectivity index (χ3v) is 5.44. The van der Waals surface area contributed by atoms with E-state index in [2.05, 4.69) is 6.07 Å². The molecule has 140 valence electrons. The molecular formula is C24H19Cl2NO. The summed E-state index contributed by atoms with van der Waals surface area (Å²) in [5, 5.41) is 11.2. The maximum atomic E-state index is 13.0. The molecule has 0 N–H and O–H groups in total. The minimum absolute atomic E-state index is 0.0227. The van der Waals surface area contributed by atoms with Crippen LogP contribution < -0.4 is 0 Å². The van der Waals surface area contributed by atoms with Crippen LogP contribution in [0.25, 0.3) is 0 Å². The summed E-state index contributed by atoms with van der Waals surface area (Å²) < 4.78 is 0. The number of benzene rings is 3. The Bertz CT molecular complexity index is 1000. The molecule has 0 heterocycles. The largest absolute Gasteiger partial charge is 0.294 e. The van der Waals surface area contributed by atoms with E-state index in [0.29, 0.717) is 15.6 Å². The number of aryl methyl sites for hydroxylation is 1. The average Bonchev–Trinajstić information content (AvgIpc) is 2.70. The van der Waals surface area contributed by atoms with Crippen LogP contribution in [0.4, 0.5) is 0 Å². The Morgan fingerprint density at radius 1 is 0.929 bits per heavy atom. The molecule has 0 fully saturated rings. The van der Waals surface area contributed by atoms with Gasteiger partial charge in [0, 0.05) is 27.9 Å². The van der Waals surface area contributed by atoms with Crippen LogP contribution in [-0.2, 0) is 0 Å². The van der Waals surface area contributed by atoms with Crippen molar-refractivity contribution >= 4 is 29.0 Å². The van der Waals surface area contributed by atoms with Crippen LogP contribution in [0, 0.1) is 18.3 Å². The number of halogens is 2. The van der Waals surface area contributed by atoms with Crippen molar-refractivity contribution in [1.82, 2.24) is 0 Å². The molecule has 0 spiro atoms. The van der Waals surface area contributed by atoms with Gasteiger partial charge < -0.3 is 0 Å². The molecular weight excluding hydrogens is 389 g/mol. The summed E-state index contributed by atoms with van der Waals surface area (Å²) in [6.45, 7) is 1.99. The summed E-state index contributed by atoms with van der Waals surface area (Å²) in [6.07, 6.45) is 0.218. The van der Waals surface area contributed by atoms with Gasteiger partial charge in [0.15, 0.2) is 5.78 Å². The Kier molecular flexibility index (Phi) is 6.52. The number of Topliss-reactive ketones (excluding diaryl/α,β-unsaturated/α-hetero) is 1. The minimum atomic E-state index is -0.446. The lowest BCUT2D eigenvalue weighted by Gasteiger charge is -2.24. The van der Waals surface area contributed by atoms with Crippen molar-refractivity contribution in [2.24, 2.45) is 0 Å². The van der Waals surface area contributed by atoms with E-state index in [1.807, 2.05) is 43.3 Å². The normalized spacial score (nSPS) is 12.8. The van der Waals surface area contributed by atoms with Gasteiger partial charge in [0.2, 0.25) is 0 Å². The second-order valence-corrected chi connectivity index (χ2v) is 7.63. The average molecular weight is 408 g/mol. The number of hydrogen-bond acceptors (Lipinski definition) is 2. The van der Waals surface area contributed by atoms with Gasteiger partial charge in [-0.25, -0.2) is 0 Å². The van der Waals surface area contributed by atoms with Gasteiger partial charge in [-0.15, -0.1) is 0 Å². The molecule has 28 heavy (non-hydrogen) atoms. The van der Waals surface area contributed by atoms with Crippen molar-refractivity contribution in [2.75, 3.05) is 0 Å². The molecule has 0 radical (unpaired) electrons. The Morgan fingerprint density at radius 3 is 2.07 bits per heavy atom. The van der Waals surface area contributed by atoms with E-state index < -0.39 is 5.92 Å². The topological polar surface area (TPSA) is 40.9 Å². The number of nitrogens with zero attached hydrogens (tertiary/aromatic N) is 1. The summed E-state index contributed by atoms with van der Waals surface area (Å²) in [5.74, 6) is -0.754. The lowest BCUT2D eigenvalue weighted by Crippen LogP contribution is -2.16. The van der Waals surface area contributed by atoms with Gasteiger partial charge in [-0.05, 0) is 60.0 Å². The number of hydrogen-bond donors (Lipinski definition) is 0. The molecule has 4 heteroatoms. The maximum Gasteiger partial charge on any atom is 0.163 e. The molecule has 0 aliphatic carbocycles. The molecule has 0 aliphatic heterocycles. The Labute approximate surface area is 175 Å². The summed E-state index contributed by atoms with van der Waals surface area (Å²) in [6, 6.07) is 24.5. The summed E-state index contributed by atoms with van der Waals surface area (Å²) in [5.41, 5.74) is 3.48. The van der Waals surface area contributed by atoms with Crippen molar-refractivity contribution in [2.45, 2.75) is 25.2 Å². The van der Waals surface area contributed by atoms with Crippen molar-refractivity contribution < 1.29 is 4.79 Å². The molecule has 0 aliphatic rings. The van der Waals surface area contributed by atoms with Crippen molar-refractivity contribution in [3.63, 3.8) is 0 Å². The van der Waals surface area contributed by atoms with E-state index >= 15 is 0 Å². The second-order valence-electron chi connectivity index (χ2n) is 6.76. The number of rotatable bonds is 6. The van der Waals surface area contributed by atoms with E-state index in [9.17, 15) is 10.1 Å². The Hall–Kier alpha value is -2.60. The number of carbonyl (C=O) groups excluding carboxylic acids is 1. The Morgan fingerprint density at radius 2 is 1.50 bits per heavy atom. The highest BCUT2D eigenvalue weighted by Crippen LogP contribution is 2.38. The monoisotopic (exact) mass is 407 g/mol. The molecule has 0 amide bonds. The summed E-state index contributed by atoms with van der Waals surface area (Å²) in [7, 11) is 0. The van der Waals surface area contributed by atoms with Gasteiger partial charge in [0.1, 0.15) is 0 Å². The molecule has 2 nitrogen and oxygen atoms in total. The van der Waals surface area contributed by atoms with Gasteiger partial charge in [-0.2, -0.15) is 5.26 Å². The molecule has 3 rings (SSSR count). The van der Waals surface area contributed by atoms with Crippen LogP contribution in [0.2, 0.25) is 10.0 Å². The van der Waals surface area contributed by atoms with Crippen LogP contribution in [0.3, 0.4) is 0 Å². The third-order valence-electron chi connectivity index (χ3n) is 4.93. The second kappa shape index (κ2) is 9.06. The first-order valence-corrected chi connectivity index (χ1v) is 9.74. The lowest BCUT2D eigenvalue weighted by atomic mass is 9.77. The van der Waals surface area contributed by atoms with Gasteiger partial charge in [-0.3, -0.25) is 4.79 Å². The van der Waals surface area contributed by atoms with Crippen molar-refractivity contribution in [3.8, 4) is 6.07 Å². The molecule has 3 aromatic rings. The van der Waals surface area contributed by atoms with Gasteiger partial charge >= 0.3 is 0 Å². The quantitative estimate of drug-likeness (QED) is 0.414. The van der Waals surface area contributed by atoms with Crippen LogP contribution in [0.15, 0.2) is 72.8 Å². The zero-order chi connectivity index (χ0) is 20.1. The van der Waals surface area contributed by atoms with E-state index in [1.165, 1.54) is 0 Å². The summed E-state index contributed by atoms with van der Waals surface area (Å²) in [4.78, 5) is 13.0. The van der Waals surface area contributed by atoms with E-state index in [-0.39, 0.29) is 18.1 Å². The van der Waals surface area contributed by atoms with Crippen LogP contribution >= 0.6 is 23.2 Å². The van der Waals surface area contributed by atoms with Gasteiger partial charge in [0.25, 0.3) is 0 Å². The standard InChI is InChI=1S/C24H19Cl2NO/c1-16-4-2-3-5-21(16)23(15-27)22(17-6-10-19(25)11-7-17)14-24(28)18-8-12-20(26)13-9-18/h2-13,22-23H,14H2,1H3/t22-,23+/m0/s1. The van der Waals surface area contributed by atoms with Crippen LogP contribution in [0.5, 0.6) is 0 Å². The first kappa shape index (κ1) is 20.1. The van der Waals surface area contributed by atoms with E-state index in [1.54, 1.807) is 36.4 Å². The number of carbonyl (C=O) groups is 1. The highest BCUT2D eigenvalue weighted by Gasteiger charge is 2.28. The van der Waals surface area contributed by atoms with Crippen molar-refractivity contribution in [3.05, 3.63) is 105 Å². The SMILES string of the molecule is Cc1ccccc1[C@@H](C#N)[C@@H](CC(=O)c1ccc(Cl)cc1)c1ccc(Cl)cc1. The van der Waals surface area contributed by atoms with Crippen LogP contribution in [0.1, 0.15) is 45.3 Å². The fourth-order valence-electron chi connectivity index (χ4n) is 3.40. The third kappa shape index (κ3) is 4.62. The Balaban J connectivity index is 2.00. The number of nitriles is 1. The first-order chi connectivity index (χ1) is 13.5. The molecule has 0 saturated carbocycles. The summed E-state index contributed by atoms with van der Waals surface area (Å²) >= 11 is 12.0. The predicted molar refractivity (Wildman–Crippen MR) is 114 cm³/mol. The zero-order valence-electron chi connectivity index (χ0n) is 15.4. The molecule has 0 bridgehead atoms. The maximum absolute atomic E-state index is 13.0. The fourth-order valence-corrected chi connectivity index (χ4v) is 3.66. The van der Waals surface area contributed by atoms with E-state index in [0.717, 1.165) is 16.7 Å². The molecule has 0 saturated heterocycles. The highest BCUT2D eigenvalue weighted by molar-refractivity contribution is 6.30. The molecule has 0 unspecified atom stereocenters.